The van der Waals surface area contributed by atoms with Crippen LogP contribution in [0.5, 0.6) is 0 Å². The Bertz CT molecular complexity index is 106. The van der Waals surface area contributed by atoms with Gasteiger partial charge in [-0.15, -0.1) is 0 Å². The van der Waals surface area contributed by atoms with Gasteiger partial charge < -0.3 is 14.6 Å². The van der Waals surface area contributed by atoms with Gasteiger partial charge in [0, 0.05) is 12.5 Å². The Morgan fingerprint density at radius 2 is 1.77 bits per heavy atom. The zero-order valence-corrected chi connectivity index (χ0v) is 8.95. The molecule has 0 bridgehead atoms. The predicted molar refractivity (Wildman–Crippen MR) is 52.8 cm³/mol. The van der Waals surface area contributed by atoms with Crippen LogP contribution in [0.15, 0.2) is 0 Å². The molecule has 0 aromatic carbocycles. The second-order valence-corrected chi connectivity index (χ2v) is 3.22. The van der Waals surface area contributed by atoms with Gasteiger partial charge in [0.15, 0.2) is 0 Å². The Hall–Kier alpha value is -0.120. The molecule has 1 N–H and O–H groups in total. The Labute approximate surface area is 81.0 Å². The largest absolute Gasteiger partial charge is 0.393 e. The van der Waals surface area contributed by atoms with Crippen molar-refractivity contribution < 1.29 is 14.6 Å². The summed E-state index contributed by atoms with van der Waals surface area (Å²) < 4.78 is 10.5. The highest BCUT2D eigenvalue weighted by Gasteiger charge is 2.11. The van der Waals surface area contributed by atoms with Crippen LogP contribution >= 0.6 is 0 Å². The zero-order valence-electron chi connectivity index (χ0n) is 8.95. The fourth-order valence-electron chi connectivity index (χ4n) is 1.04. The third-order valence-corrected chi connectivity index (χ3v) is 2.03. The molecular weight excluding hydrogens is 168 g/mol. The van der Waals surface area contributed by atoms with Gasteiger partial charge in [-0.3, -0.25) is 0 Å². The molecule has 3 nitrogen and oxygen atoms in total. The van der Waals surface area contributed by atoms with Gasteiger partial charge in [0.25, 0.3) is 0 Å². The molecule has 0 aromatic heterocycles. The van der Waals surface area contributed by atoms with E-state index in [0.29, 0.717) is 19.8 Å². The smallest absolute Gasteiger partial charge is 0.0700 e. The van der Waals surface area contributed by atoms with E-state index in [9.17, 15) is 5.11 Å². The summed E-state index contributed by atoms with van der Waals surface area (Å²) in [7, 11) is 0. The first-order chi connectivity index (χ1) is 6.22. The molecule has 0 saturated carbocycles. The molecular formula is C10H22O3. The maximum Gasteiger partial charge on any atom is 0.0700 e. The first-order valence-corrected chi connectivity index (χ1v) is 5.05. The van der Waals surface area contributed by atoms with Gasteiger partial charge in [-0.05, 0) is 13.3 Å². The van der Waals surface area contributed by atoms with Gasteiger partial charge in [0.1, 0.15) is 0 Å². The van der Waals surface area contributed by atoms with E-state index in [2.05, 4.69) is 0 Å². The highest BCUT2D eigenvalue weighted by Crippen LogP contribution is 2.06. The standard InChI is InChI=1S/C10H22O3/c1-4-10(11)9(3)8-13-7-6-12-5-2/h9-11H,4-8H2,1-3H3/t9-,10+/m0/s1. The molecule has 0 saturated heterocycles. The maximum absolute atomic E-state index is 9.42. The highest BCUT2D eigenvalue weighted by molar-refractivity contribution is 4.61. The second kappa shape index (κ2) is 8.48. The van der Waals surface area contributed by atoms with Crippen LogP contribution in [-0.2, 0) is 9.47 Å². The number of aliphatic hydroxyl groups excluding tert-OH is 1. The number of hydrogen-bond donors (Lipinski definition) is 1. The van der Waals surface area contributed by atoms with E-state index in [0.717, 1.165) is 13.0 Å². The molecule has 0 aliphatic rings. The first-order valence-electron chi connectivity index (χ1n) is 5.05. The van der Waals surface area contributed by atoms with Crippen molar-refractivity contribution >= 4 is 0 Å². The lowest BCUT2D eigenvalue weighted by Crippen LogP contribution is -2.22. The second-order valence-electron chi connectivity index (χ2n) is 3.22. The minimum atomic E-state index is -0.243. The summed E-state index contributed by atoms with van der Waals surface area (Å²) in [5.41, 5.74) is 0. The quantitative estimate of drug-likeness (QED) is 0.589. The van der Waals surface area contributed by atoms with Gasteiger partial charge in [0.05, 0.1) is 25.9 Å². The minimum Gasteiger partial charge on any atom is -0.393 e. The number of rotatable bonds is 8. The Morgan fingerprint density at radius 1 is 1.15 bits per heavy atom. The molecule has 0 heterocycles. The van der Waals surface area contributed by atoms with E-state index >= 15 is 0 Å². The first kappa shape index (κ1) is 12.9. The van der Waals surface area contributed by atoms with Crippen LogP contribution in [0.3, 0.4) is 0 Å². The lowest BCUT2D eigenvalue weighted by molar-refractivity contribution is 0.00753. The lowest BCUT2D eigenvalue weighted by Gasteiger charge is -2.16. The molecule has 80 valence electrons. The molecule has 0 rings (SSSR count). The lowest BCUT2D eigenvalue weighted by atomic mass is 10.0. The van der Waals surface area contributed by atoms with Crippen molar-refractivity contribution in [2.24, 2.45) is 5.92 Å². The monoisotopic (exact) mass is 190 g/mol. The summed E-state index contributed by atoms with van der Waals surface area (Å²) in [5.74, 6) is 0.214. The van der Waals surface area contributed by atoms with E-state index in [1.165, 1.54) is 0 Å². The van der Waals surface area contributed by atoms with E-state index in [-0.39, 0.29) is 12.0 Å². The van der Waals surface area contributed by atoms with Crippen molar-refractivity contribution in [2.75, 3.05) is 26.4 Å². The fraction of sp³-hybridized carbons (Fsp3) is 1.00. The molecule has 0 amide bonds. The topological polar surface area (TPSA) is 38.7 Å². The van der Waals surface area contributed by atoms with E-state index < -0.39 is 0 Å². The third-order valence-electron chi connectivity index (χ3n) is 2.03. The van der Waals surface area contributed by atoms with Gasteiger partial charge in [-0.2, -0.15) is 0 Å². The molecule has 3 heteroatoms. The van der Waals surface area contributed by atoms with E-state index in [4.69, 9.17) is 9.47 Å². The summed E-state index contributed by atoms with van der Waals surface area (Å²) in [6.45, 7) is 8.54. The van der Waals surface area contributed by atoms with E-state index in [1.807, 2.05) is 20.8 Å². The maximum atomic E-state index is 9.42. The van der Waals surface area contributed by atoms with Crippen molar-refractivity contribution in [3.63, 3.8) is 0 Å². The van der Waals surface area contributed by atoms with Crippen molar-refractivity contribution in [1.29, 1.82) is 0 Å². The van der Waals surface area contributed by atoms with Crippen molar-refractivity contribution in [3.05, 3.63) is 0 Å². The number of ether oxygens (including phenoxy) is 2. The average molecular weight is 190 g/mol. The molecule has 2 atom stereocenters. The molecule has 0 unspecified atom stereocenters. The SMILES string of the molecule is CCOCCOC[C@H](C)[C@H](O)CC. The Balaban J connectivity index is 3.21. The Kier molecular flexibility index (Phi) is 8.40. The molecule has 0 radical (unpaired) electrons. The molecule has 0 aliphatic heterocycles. The summed E-state index contributed by atoms with van der Waals surface area (Å²) in [6.07, 6.45) is 0.544. The van der Waals surface area contributed by atoms with Crippen molar-refractivity contribution in [2.45, 2.75) is 33.3 Å². The van der Waals surface area contributed by atoms with Crippen LogP contribution in [-0.4, -0.2) is 37.6 Å². The van der Waals surface area contributed by atoms with E-state index in [1.54, 1.807) is 0 Å². The zero-order chi connectivity index (χ0) is 10.1. The van der Waals surface area contributed by atoms with Crippen LogP contribution in [0.2, 0.25) is 0 Å². The summed E-state index contributed by atoms with van der Waals surface area (Å²) >= 11 is 0. The van der Waals surface area contributed by atoms with Crippen LogP contribution in [0.25, 0.3) is 0 Å². The number of hydrogen-bond acceptors (Lipinski definition) is 3. The number of aliphatic hydroxyl groups is 1. The normalized spacial score (nSPS) is 15.7. The van der Waals surface area contributed by atoms with Crippen LogP contribution in [0.4, 0.5) is 0 Å². The van der Waals surface area contributed by atoms with Crippen molar-refractivity contribution in [3.8, 4) is 0 Å². The molecule has 13 heavy (non-hydrogen) atoms. The van der Waals surface area contributed by atoms with Crippen LogP contribution in [0, 0.1) is 5.92 Å². The van der Waals surface area contributed by atoms with Gasteiger partial charge in [-0.25, -0.2) is 0 Å². The summed E-state index contributed by atoms with van der Waals surface area (Å²) in [6, 6.07) is 0. The van der Waals surface area contributed by atoms with Crippen LogP contribution < -0.4 is 0 Å². The highest BCUT2D eigenvalue weighted by atomic mass is 16.5. The van der Waals surface area contributed by atoms with Gasteiger partial charge >= 0.3 is 0 Å². The fourth-order valence-corrected chi connectivity index (χ4v) is 1.04. The molecule has 0 aromatic rings. The molecule has 0 fully saturated rings. The molecule has 0 spiro atoms. The minimum absolute atomic E-state index is 0.214. The van der Waals surface area contributed by atoms with Gasteiger partial charge in [0.2, 0.25) is 0 Å². The van der Waals surface area contributed by atoms with Gasteiger partial charge in [-0.1, -0.05) is 13.8 Å². The summed E-state index contributed by atoms with van der Waals surface area (Å²) in [5, 5.41) is 9.42. The Morgan fingerprint density at radius 3 is 2.31 bits per heavy atom. The predicted octanol–water partition coefficient (Wildman–Crippen LogP) is 1.45. The van der Waals surface area contributed by atoms with Crippen molar-refractivity contribution in [1.82, 2.24) is 0 Å². The molecule has 0 aliphatic carbocycles. The van der Waals surface area contributed by atoms with Crippen LogP contribution in [0.1, 0.15) is 27.2 Å². The third kappa shape index (κ3) is 6.99. The average Bonchev–Trinajstić information content (AvgIpc) is 2.16. The summed E-state index contributed by atoms with van der Waals surface area (Å²) in [4.78, 5) is 0.